The SMILES string of the molecule is CN(Cc1cc(-c2ccc3ncnc(NCc4ccccc4)c3c2)ccc1F)S(=O)(=O)c1cccc2cccnc12. The fraction of sp³-hybridized carbons (Fsp3) is 0.0938. The van der Waals surface area contributed by atoms with Gasteiger partial charge in [-0.1, -0.05) is 60.7 Å². The Labute approximate surface area is 237 Å². The topological polar surface area (TPSA) is 88.1 Å². The summed E-state index contributed by atoms with van der Waals surface area (Å²) in [5, 5.41) is 4.93. The molecule has 0 amide bonds. The van der Waals surface area contributed by atoms with Gasteiger partial charge in [-0.3, -0.25) is 4.98 Å². The second kappa shape index (κ2) is 11.0. The molecule has 0 saturated carbocycles. The Kier molecular flexibility index (Phi) is 7.13. The Morgan fingerprint density at radius 3 is 2.46 bits per heavy atom. The fourth-order valence-electron chi connectivity index (χ4n) is 4.81. The summed E-state index contributed by atoms with van der Waals surface area (Å²) in [5.74, 6) is 0.207. The van der Waals surface area contributed by atoms with Crippen LogP contribution in [0.1, 0.15) is 11.1 Å². The molecule has 0 fully saturated rings. The summed E-state index contributed by atoms with van der Waals surface area (Å²) in [6, 6.07) is 29.1. The molecule has 0 aliphatic rings. The molecule has 0 bridgehead atoms. The van der Waals surface area contributed by atoms with E-state index in [-0.39, 0.29) is 17.0 Å². The van der Waals surface area contributed by atoms with Gasteiger partial charge in [0, 0.05) is 42.7 Å². The highest BCUT2D eigenvalue weighted by Gasteiger charge is 2.25. The van der Waals surface area contributed by atoms with Crippen molar-refractivity contribution in [2.24, 2.45) is 0 Å². The summed E-state index contributed by atoms with van der Waals surface area (Å²) in [5.41, 5.74) is 4.12. The maximum atomic E-state index is 15.0. The van der Waals surface area contributed by atoms with Gasteiger partial charge >= 0.3 is 0 Å². The van der Waals surface area contributed by atoms with E-state index in [1.165, 1.54) is 25.5 Å². The third-order valence-corrected chi connectivity index (χ3v) is 8.83. The highest BCUT2D eigenvalue weighted by Crippen LogP contribution is 2.30. The first-order valence-electron chi connectivity index (χ1n) is 13.0. The van der Waals surface area contributed by atoms with E-state index < -0.39 is 15.8 Å². The zero-order valence-electron chi connectivity index (χ0n) is 22.2. The average molecular weight is 564 g/mol. The average Bonchev–Trinajstić information content (AvgIpc) is 3.01. The summed E-state index contributed by atoms with van der Waals surface area (Å²) in [6.07, 6.45) is 3.08. The third kappa shape index (κ3) is 5.37. The van der Waals surface area contributed by atoms with Crippen molar-refractivity contribution >= 4 is 37.6 Å². The van der Waals surface area contributed by atoms with Crippen molar-refractivity contribution in [1.29, 1.82) is 0 Å². The minimum absolute atomic E-state index is 0.0831. The largest absolute Gasteiger partial charge is 0.365 e. The minimum atomic E-state index is -3.94. The number of anilines is 1. The number of para-hydroxylation sites is 1. The Balaban J connectivity index is 1.30. The van der Waals surface area contributed by atoms with E-state index in [0.717, 1.165) is 31.9 Å². The van der Waals surface area contributed by atoms with Crippen LogP contribution in [0.3, 0.4) is 0 Å². The van der Waals surface area contributed by atoms with E-state index in [4.69, 9.17) is 0 Å². The van der Waals surface area contributed by atoms with Crippen molar-refractivity contribution in [2.45, 2.75) is 18.0 Å². The molecule has 6 rings (SSSR count). The molecule has 0 aliphatic heterocycles. The number of pyridine rings is 1. The second-order valence-corrected chi connectivity index (χ2v) is 11.7. The number of aromatic nitrogens is 3. The normalized spacial score (nSPS) is 11.8. The van der Waals surface area contributed by atoms with Crippen molar-refractivity contribution in [3.63, 3.8) is 0 Å². The van der Waals surface area contributed by atoms with Crippen LogP contribution in [0.25, 0.3) is 32.9 Å². The molecule has 1 N–H and O–H groups in total. The molecule has 0 radical (unpaired) electrons. The van der Waals surface area contributed by atoms with Crippen molar-refractivity contribution < 1.29 is 12.8 Å². The fourth-order valence-corrected chi connectivity index (χ4v) is 6.12. The first-order chi connectivity index (χ1) is 19.9. The molecule has 9 heteroatoms. The predicted octanol–water partition coefficient (Wildman–Crippen LogP) is 6.42. The Hall–Kier alpha value is -4.73. The molecular formula is C32H26FN5O2S. The van der Waals surface area contributed by atoms with E-state index in [9.17, 15) is 8.42 Å². The number of sulfonamides is 1. The summed E-state index contributed by atoms with van der Waals surface area (Å²) in [4.78, 5) is 13.2. The molecule has 6 aromatic rings. The number of nitrogens with one attached hydrogen (secondary N) is 1. The minimum Gasteiger partial charge on any atom is -0.365 e. The Morgan fingerprint density at radius 2 is 1.61 bits per heavy atom. The molecule has 41 heavy (non-hydrogen) atoms. The molecule has 2 aromatic heterocycles. The van der Waals surface area contributed by atoms with Gasteiger partial charge in [0.15, 0.2) is 0 Å². The van der Waals surface area contributed by atoms with Crippen molar-refractivity contribution in [1.82, 2.24) is 19.3 Å². The van der Waals surface area contributed by atoms with Crippen molar-refractivity contribution in [3.05, 3.63) is 127 Å². The van der Waals surface area contributed by atoms with E-state index in [1.54, 1.807) is 30.5 Å². The monoisotopic (exact) mass is 563 g/mol. The van der Waals surface area contributed by atoms with Crippen LogP contribution < -0.4 is 5.32 Å². The number of benzene rings is 4. The molecule has 2 heterocycles. The van der Waals surface area contributed by atoms with Gasteiger partial charge in [-0.2, -0.15) is 4.31 Å². The van der Waals surface area contributed by atoms with Gasteiger partial charge < -0.3 is 5.32 Å². The van der Waals surface area contributed by atoms with Gasteiger partial charge in [-0.05, 0) is 53.1 Å². The van der Waals surface area contributed by atoms with E-state index >= 15 is 4.39 Å². The maximum Gasteiger partial charge on any atom is 0.245 e. The number of nitrogens with zero attached hydrogens (tertiary/aromatic N) is 4. The van der Waals surface area contributed by atoms with Crippen LogP contribution in [-0.2, 0) is 23.1 Å². The maximum absolute atomic E-state index is 15.0. The van der Waals surface area contributed by atoms with Gasteiger partial charge in [0.25, 0.3) is 0 Å². The third-order valence-electron chi connectivity index (χ3n) is 6.99. The lowest BCUT2D eigenvalue weighted by Crippen LogP contribution is -2.27. The first kappa shape index (κ1) is 26.5. The number of rotatable bonds is 8. The van der Waals surface area contributed by atoms with Gasteiger partial charge in [0.2, 0.25) is 10.0 Å². The highest BCUT2D eigenvalue weighted by molar-refractivity contribution is 7.89. The van der Waals surface area contributed by atoms with E-state index in [2.05, 4.69) is 20.3 Å². The number of fused-ring (bicyclic) bond motifs is 2. The van der Waals surface area contributed by atoms with Crippen molar-refractivity contribution in [2.75, 3.05) is 12.4 Å². The summed E-state index contributed by atoms with van der Waals surface area (Å²) in [7, 11) is -2.50. The Morgan fingerprint density at radius 1 is 0.829 bits per heavy atom. The molecule has 0 atom stereocenters. The highest BCUT2D eigenvalue weighted by atomic mass is 32.2. The first-order valence-corrected chi connectivity index (χ1v) is 14.5. The molecule has 0 aliphatic carbocycles. The lowest BCUT2D eigenvalue weighted by Gasteiger charge is -2.19. The summed E-state index contributed by atoms with van der Waals surface area (Å²) >= 11 is 0. The quantitative estimate of drug-likeness (QED) is 0.230. The lowest BCUT2D eigenvalue weighted by molar-refractivity contribution is 0.457. The zero-order chi connectivity index (χ0) is 28.4. The van der Waals surface area contributed by atoms with Gasteiger partial charge in [-0.15, -0.1) is 0 Å². The number of hydrogen-bond donors (Lipinski definition) is 1. The molecule has 7 nitrogen and oxygen atoms in total. The standard InChI is InChI=1S/C32H26FN5O2S/c1-38(41(39,40)30-11-5-9-23-10-6-16-34-31(23)30)20-26-17-24(12-14-28(26)33)25-13-15-29-27(18-25)32(37-21-36-29)35-19-22-7-3-2-4-8-22/h2-18,21H,19-20H2,1H3,(H,35,36,37). The number of hydrogen-bond acceptors (Lipinski definition) is 6. The molecule has 0 saturated heterocycles. The van der Waals surface area contributed by atoms with Crippen LogP contribution in [0.15, 0.2) is 114 Å². The zero-order valence-corrected chi connectivity index (χ0v) is 23.0. The van der Waals surface area contributed by atoms with Gasteiger partial charge in [-0.25, -0.2) is 22.8 Å². The summed E-state index contributed by atoms with van der Waals surface area (Å²) < 4.78 is 43.2. The molecule has 0 unspecified atom stereocenters. The van der Waals surface area contributed by atoms with Crippen LogP contribution >= 0.6 is 0 Å². The summed E-state index contributed by atoms with van der Waals surface area (Å²) in [6.45, 7) is 0.455. The van der Waals surface area contributed by atoms with Crippen LogP contribution in [0.5, 0.6) is 0 Å². The van der Waals surface area contributed by atoms with Crippen LogP contribution in [0.4, 0.5) is 10.2 Å². The second-order valence-electron chi connectivity index (χ2n) is 9.69. The van der Waals surface area contributed by atoms with E-state index in [1.807, 2.05) is 60.7 Å². The Bertz CT molecular complexity index is 1980. The van der Waals surface area contributed by atoms with Crippen LogP contribution in [0.2, 0.25) is 0 Å². The smallest absolute Gasteiger partial charge is 0.245 e. The number of halogens is 1. The predicted molar refractivity (Wildman–Crippen MR) is 159 cm³/mol. The van der Waals surface area contributed by atoms with E-state index in [0.29, 0.717) is 23.3 Å². The molecule has 4 aromatic carbocycles. The lowest BCUT2D eigenvalue weighted by atomic mass is 10.0. The molecule has 204 valence electrons. The van der Waals surface area contributed by atoms with Crippen molar-refractivity contribution in [3.8, 4) is 11.1 Å². The van der Waals surface area contributed by atoms with Crippen LogP contribution in [-0.4, -0.2) is 34.7 Å². The van der Waals surface area contributed by atoms with Gasteiger partial charge in [0.05, 0.1) is 11.0 Å². The molecule has 0 spiro atoms. The van der Waals surface area contributed by atoms with Crippen LogP contribution in [0, 0.1) is 5.82 Å². The molecular weight excluding hydrogens is 537 g/mol. The van der Waals surface area contributed by atoms with Gasteiger partial charge in [0.1, 0.15) is 22.9 Å².